The van der Waals surface area contributed by atoms with Gasteiger partial charge < -0.3 is 10.4 Å². The zero-order valence-electron chi connectivity index (χ0n) is 8.16. The highest BCUT2D eigenvalue weighted by molar-refractivity contribution is 6.31. The third-order valence-electron chi connectivity index (χ3n) is 2.68. The molecule has 1 fully saturated rings. The molecule has 1 saturated heterocycles. The minimum absolute atomic E-state index is 0.205. The molecule has 1 aromatic rings. The quantitative estimate of drug-likeness (QED) is 0.813. The van der Waals surface area contributed by atoms with Crippen molar-refractivity contribution < 1.29 is 9.90 Å². The maximum absolute atomic E-state index is 10.8. The number of halogens is 1. The third-order valence-corrected chi connectivity index (χ3v) is 3.02. The summed E-state index contributed by atoms with van der Waals surface area (Å²) in [4.78, 5) is 10.8. The van der Waals surface area contributed by atoms with Crippen LogP contribution >= 0.6 is 11.6 Å². The first-order valence-electron chi connectivity index (χ1n) is 4.94. The first-order chi connectivity index (χ1) is 7.18. The molecular formula is C11H12ClNO2. The van der Waals surface area contributed by atoms with Crippen LogP contribution in [0.3, 0.4) is 0 Å². The van der Waals surface area contributed by atoms with Crippen LogP contribution < -0.4 is 5.32 Å². The zero-order chi connectivity index (χ0) is 10.8. The molecule has 0 bridgehead atoms. The number of rotatable bonds is 2. The molecule has 2 N–H and O–H groups in total. The topological polar surface area (TPSA) is 49.3 Å². The maximum atomic E-state index is 10.8. The van der Waals surface area contributed by atoms with Gasteiger partial charge in [0.15, 0.2) is 0 Å². The van der Waals surface area contributed by atoms with Crippen molar-refractivity contribution in [3.05, 3.63) is 34.3 Å². The fourth-order valence-corrected chi connectivity index (χ4v) is 2.14. The van der Waals surface area contributed by atoms with Crippen LogP contribution in [0.5, 0.6) is 0 Å². The van der Waals surface area contributed by atoms with E-state index in [4.69, 9.17) is 16.7 Å². The van der Waals surface area contributed by atoms with Crippen molar-refractivity contribution in [2.75, 3.05) is 6.54 Å². The number of hydrogen-bond donors (Lipinski definition) is 2. The van der Waals surface area contributed by atoms with Crippen LogP contribution in [-0.2, 0) is 0 Å². The van der Waals surface area contributed by atoms with Gasteiger partial charge in [-0.2, -0.15) is 0 Å². The van der Waals surface area contributed by atoms with Crippen LogP contribution in [-0.4, -0.2) is 17.6 Å². The van der Waals surface area contributed by atoms with Crippen LogP contribution in [0, 0.1) is 0 Å². The predicted octanol–water partition coefficient (Wildman–Crippen LogP) is 2.46. The number of hydrogen-bond acceptors (Lipinski definition) is 2. The van der Waals surface area contributed by atoms with Gasteiger partial charge in [0, 0.05) is 11.1 Å². The lowest BCUT2D eigenvalue weighted by atomic mass is 10.0. The molecule has 1 aliphatic heterocycles. The van der Waals surface area contributed by atoms with Crippen molar-refractivity contribution in [3.63, 3.8) is 0 Å². The van der Waals surface area contributed by atoms with Gasteiger partial charge in [-0.3, -0.25) is 0 Å². The van der Waals surface area contributed by atoms with Crippen LogP contribution in [0.15, 0.2) is 18.2 Å². The summed E-state index contributed by atoms with van der Waals surface area (Å²) in [7, 11) is 0. The number of carboxylic acids is 1. The van der Waals surface area contributed by atoms with E-state index in [0.29, 0.717) is 10.6 Å². The Morgan fingerprint density at radius 2 is 2.33 bits per heavy atom. The monoisotopic (exact) mass is 225 g/mol. The molecule has 1 aromatic carbocycles. The van der Waals surface area contributed by atoms with E-state index in [0.717, 1.165) is 24.9 Å². The van der Waals surface area contributed by atoms with E-state index in [1.54, 1.807) is 12.1 Å². The summed E-state index contributed by atoms with van der Waals surface area (Å²) in [6, 6.07) is 5.05. The molecular weight excluding hydrogens is 214 g/mol. The summed E-state index contributed by atoms with van der Waals surface area (Å²) in [5.74, 6) is -0.911. The second-order valence-corrected chi connectivity index (χ2v) is 4.10. The molecule has 4 heteroatoms. The lowest BCUT2D eigenvalue weighted by Crippen LogP contribution is -2.14. The molecule has 3 nitrogen and oxygen atoms in total. The summed E-state index contributed by atoms with van der Waals surface area (Å²) in [6.45, 7) is 0.971. The van der Waals surface area contributed by atoms with Crippen LogP contribution in [0.1, 0.15) is 34.8 Å². The van der Waals surface area contributed by atoms with Gasteiger partial charge in [0.2, 0.25) is 0 Å². The minimum Gasteiger partial charge on any atom is -0.478 e. The van der Waals surface area contributed by atoms with Gasteiger partial charge in [0.25, 0.3) is 0 Å². The van der Waals surface area contributed by atoms with E-state index in [9.17, 15) is 4.79 Å². The summed E-state index contributed by atoms with van der Waals surface area (Å²) in [5.41, 5.74) is 1.19. The smallest absolute Gasteiger partial charge is 0.335 e. The van der Waals surface area contributed by atoms with Gasteiger partial charge in [-0.15, -0.1) is 0 Å². The second-order valence-electron chi connectivity index (χ2n) is 3.69. The molecule has 1 atom stereocenters. The molecule has 0 radical (unpaired) electrons. The molecule has 0 aliphatic carbocycles. The molecule has 0 aromatic heterocycles. The number of aromatic carboxylic acids is 1. The van der Waals surface area contributed by atoms with Crippen molar-refractivity contribution in [2.24, 2.45) is 0 Å². The van der Waals surface area contributed by atoms with Crippen molar-refractivity contribution in [1.82, 2.24) is 5.32 Å². The first kappa shape index (κ1) is 10.5. The van der Waals surface area contributed by atoms with Crippen molar-refractivity contribution in [1.29, 1.82) is 0 Å². The summed E-state index contributed by atoms with van der Waals surface area (Å²) in [6.07, 6.45) is 2.13. The highest BCUT2D eigenvalue weighted by Crippen LogP contribution is 2.29. The van der Waals surface area contributed by atoms with Crippen LogP contribution in [0.25, 0.3) is 0 Å². The Labute approximate surface area is 93.1 Å². The van der Waals surface area contributed by atoms with Crippen molar-refractivity contribution >= 4 is 17.6 Å². The van der Waals surface area contributed by atoms with Gasteiger partial charge in [-0.1, -0.05) is 11.6 Å². The highest BCUT2D eigenvalue weighted by Gasteiger charge is 2.19. The van der Waals surface area contributed by atoms with Gasteiger partial charge in [-0.05, 0) is 43.1 Å². The minimum atomic E-state index is -0.911. The van der Waals surface area contributed by atoms with Gasteiger partial charge in [0.05, 0.1) is 5.56 Å². The fourth-order valence-electron chi connectivity index (χ4n) is 1.89. The SMILES string of the molecule is O=C(O)c1ccc(Cl)c([C@H]2CCCN2)c1. The summed E-state index contributed by atoms with van der Waals surface area (Å²) >= 11 is 6.05. The molecule has 1 aliphatic rings. The molecule has 0 saturated carbocycles. The standard InChI is InChI=1S/C11H12ClNO2/c12-9-4-3-7(11(14)15)6-8(9)10-2-1-5-13-10/h3-4,6,10,13H,1-2,5H2,(H,14,15)/t10-/m1/s1. The Hall–Kier alpha value is -1.06. The Morgan fingerprint density at radius 3 is 2.93 bits per heavy atom. The lowest BCUT2D eigenvalue weighted by Gasteiger charge is -2.13. The molecule has 15 heavy (non-hydrogen) atoms. The average Bonchev–Trinajstić information content (AvgIpc) is 2.71. The molecule has 0 spiro atoms. The second kappa shape index (κ2) is 4.21. The Morgan fingerprint density at radius 1 is 1.53 bits per heavy atom. The van der Waals surface area contributed by atoms with Crippen LogP contribution in [0.4, 0.5) is 0 Å². The summed E-state index contributed by atoms with van der Waals surface area (Å²) < 4.78 is 0. The predicted molar refractivity (Wildman–Crippen MR) is 58.4 cm³/mol. The molecule has 0 unspecified atom stereocenters. The largest absolute Gasteiger partial charge is 0.478 e. The number of nitrogens with one attached hydrogen (secondary N) is 1. The first-order valence-corrected chi connectivity index (χ1v) is 5.32. The Kier molecular flexibility index (Phi) is 2.93. The van der Waals surface area contributed by atoms with Gasteiger partial charge >= 0.3 is 5.97 Å². The number of benzene rings is 1. The number of carboxylic acid groups (broad SMARTS) is 1. The van der Waals surface area contributed by atoms with E-state index in [2.05, 4.69) is 5.32 Å². The maximum Gasteiger partial charge on any atom is 0.335 e. The Bertz CT molecular complexity index is 386. The van der Waals surface area contributed by atoms with Gasteiger partial charge in [0.1, 0.15) is 0 Å². The van der Waals surface area contributed by atoms with E-state index in [1.165, 1.54) is 6.07 Å². The fraction of sp³-hybridized carbons (Fsp3) is 0.364. The molecule has 2 rings (SSSR count). The summed E-state index contributed by atoms with van der Waals surface area (Å²) in [5, 5.41) is 12.8. The average molecular weight is 226 g/mol. The lowest BCUT2D eigenvalue weighted by molar-refractivity contribution is 0.0696. The van der Waals surface area contributed by atoms with Gasteiger partial charge in [-0.25, -0.2) is 4.79 Å². The Balaban J connectivity index is 2.35. The zero-order valence-corrected chi connectivity index (χ0v) is 8.92. The van der Waals surface area contributed by atoms with Crippen molar-refractivity contribution in [3.8, 4) is 0 Å². The van der Waals surface area contributed by atoms with Crippen LogP contribution in [0.2, 0.25) is 5.02 Å². The van der Waals surface area contributed by atoms with E-state index < -0.39 is 5.97 Å². The molecule has 1 heterocycles. The highest BCUT2D eigenvalue weighted by atomic mass is 35.5. The van der Waals surface area contributed by atoms with E-state index in [-0.39, 0.29) is 6.04 Å². The van der Waals surface area contributed by atoms with E-state index in [1.807, 2.05) is 0 Å². The van der Waals surface area contributed by atoms with Crippen molar-refractivity contribution in [2.45, 2.75) is 18.9 Å². The third kappa shape index (κ3) is 2.13. The van der Waals surface area contributed by atoms with E-state index >= 15 is 0 Å². The molecule has 0 amide bonds. The molecule has 80 valence electrons. The normalized spacial score (nSPS) is 20.5. The number of carbonyl (C=O) groups is 1.